The van der Waals surface area contributed by atoms with E-state index in [9.17, 15) is 9.18 Å². The van der Waals surface area contributed by atoms with Gasteiger partial charge in [-0.2, -0.15) is 0 Å². The highest BCUT2D eigenvalue weighted by molar-refractivity contribution is 5.81. The molecule has 0 radical (unpaired) electrons. The summed E-state index contributed by atoms with van der Waals surface area (Å²) in [5, 5.41) is 3.00. The van der Waals surface area contributed by atoms with Gasteiger partial charge in [0, 0.05) is 12.1 Å². The first kappa shape index (κ1) is 13.8. The minimum Gasteiger partial charge on any atom is -0.481 e. The number of rotatable bonds is 4. The molecule has 2 rings (SSSR count). The molecule has 104 valence electrons. The van der Waals surface area contributed by atoms with Crippen LogP contribution in [0.5, 0.6) is 5.75 Å². The lowest BCUT2D eigenvalue weighted by Gasteiger charge is -2.24. The Bertz CT molecular complexity index is 430. The number of amides is 1. The van der Waals surface area contributed by atoms with Gasteiger partial charge in [0.05, 0.1) is 0 Å². The maximum atomic E-state index is 13.0. The molecule has 4 heteroatoms. The van der Waals surface area contributed by atoms with E-state index in [0.29, 0.717) is 5.75 Å². The van der Waals surface area contributed by atoms with Gasteiger partial charge in [-0.25, -0.2) is 4.39 Å². The van der Waals surface area contributed by atoms with Crippen molar-refractivity contribution in [2.45, 2.75) is 51.2 Å². The summed E-state index contributed by atoms with van der Waals surface area (Å²) in [6.07, 6.45) is 5.07. The molecule has 0 aromatic heterocycles. The number of carbonyl (C=O) groups excluding carboxylic acids is 1. The van der Waals surface area contributed by atoms with Crippen LogP contribution in [-0.2, 0) is 4.79 Å². The summed E-state index contributed by atoms with van der Waals surface area (Å²) in [4.78, 5) is 12.0. The highest BCUT2D eigenvalue weighted by Crippen LogP contribution is 2.18. The minimum atomic E-state index is -0.608. The van der Waals surface area contributed by atoms with Crippen molar-refractivity contribution in [3.63, 3.8) is 0 Å². The average Bonchev–Trinajstić information content (AvgIpc) is 2.40. The number of halogens is 1. The Morgan fingerprint density at radius 3 is 2.79 bits per heavy atom. The Balaban J connectivity index is 1.84. The summed E-state index contributed by atoms with van der Waals surface area (Å²) in [5.74, 6) is -0.111. The van der Waals surface area contributed by atoms with Gasteiger partial charge in [0.1, 0.15) is 11.6 Å². The van der Waals surface area contributed by atoms with Crippen LogP contribution in [0, 0.1) is 5.82 Å². The van der Waals surface area contributed by atoms with Crippen LogP contribution in [0.25, 0.3) is 0 Å². The molecule has 1 fully saturated rings. The van der Waals surface area contributed by atoms with Crippen LogP contribution in [0.3, 0.4) is 0 Å². The maximum Gasteiger partial charge on any atom is 0.260 e. The fourth-order valence-electron chi connectivity index (χ4n) is 2.36. The molecular formula is C15H20FNO2. The van der Waals surface area contributed by atoms with Gasteiger partial charge >= 0.3 is 0 Å². The SMILES string of the molecule is CC(Oc1cccc(F)c1)C(=O)NC1CCCCC1. The molecule has 19 heavy (non-hydrogen) atoms. The van der Waals surface area contributed by atoms with Gasteiger partial charge in [-0.1, -0.05) is 25.3 Å². The van der Waals surface area contributed by atoms with Crippen molar-refractivity contribution in [2.75, 3.05) is 0 Å². The van der Waals surface area contributed by atoms with Crippen molar-refractivity contribution in [1.82, 2.24) is 5.32 Å². The van der Waals surface area contributed by atoms with Crippen LogP contribution in [0.15, 0.2) is 24.3 Å². The normalized spacial score (nSPS) is 17.8. The third-order valence-electron chi connectivity index (χ3n) is 3.43. The molecule has 1 amide bonds. The van der Waals surface area contributed by atoms with E-state index in [-0.39, 0.29) is 17.8 Å². The van der Waals surface area contributed by atoms with Crippen LogP contribution in [0.1, 0.15) is 39.0 Å². The van der Waals surface area contributed by atoms with Crippen molar-refractivity contribution in [3.05, 3.63) is 30.1 Å². The Labute approximate surface area is 113 Å². The summed E-state index contributed by atoms with van der Waals surface area (Å²) in [6, 6.07) is 6.10. The largest absolute Gasteiger partial charge is 0.481 e. The van der Waals surface area contributed by atoms with Gasteiger partial charge in [-0.3, -0.25) is 4.79 Å². The number of carbonyl (C=O) groups is 1. The topological polar surface area (TPSA) is 38.3 Å². The van der Waals surface area contributed by atoms with Gasteiger partial charge < -0.3 is 10.1 Å². The van der Waals surface area contributed by atoms with Crippen LogP contribution in [-0.4, -0.2) is 18.1 Å². The molecule has 1 N–H and O–H groups in total. The van der Waals surface area contributed by atoms with Crippen molar-refractivity contribution >= 4 is 5.91 Å². The minimum absolute atomic E-state index is 0.129. The lowest BCUT2D eigenvalue weighted by molar-refractivity contribution is -0.128. The Kier molecular flexibility index (Phi) is 4.77. The summed E-state index contributed by atoms with van der Waals surface area (Å²) in [5.41, 5.74) is 0. The van der Waals surface area contributed by atoms with Crippen LogP contribution < -0.4 is 10.1 Å². The molecule has 0 spiro atoms. The number of ether oxygens (including phenoxy) is 1. The number of nitrogens with one attached hydrogen (secondary N) is 1. The predicted molar refractivity (Wildman–Crippen MR) is 71.5 cm³/mol. The first-order chi connectivity index (χ1) is 9.15. The van der Waals surface area contributed by atoms with Gasteiger partial charge in [0.25, 0.3) is 5.91 Å². The third-order valence-corrected chi connectivity index (χ3v) is 3.43. The van der Waals surface area contributed by atoms with Crippen molar-refractivity contribution < 1.29 is 13.9 Å². The second-order valence-corrected chi connectivity index (χ2v) is 5.06. The summed E-state index contributed by atoms with van der Waals surface area (Å²) < 4.78 is 18.5. The molecular weight excluding hydrogens is 245 g/mol. The fraction of sp³-hybridized carbons (Fsp3) is 0.533. The van der Waals surface area contributed by atoms with Crippen LogP contribution in [0.2, 0.25) is 0 Å². The Hall–Kier alpha value is -1.58. The van der Waals surface area contributed by atoms with E-state index in [4.69, 9.17) is 4.74 Å². The van der Waals surface area contributed by atoms with Crippen molar-refractivity contribution in [1.29, 1.82) is 0 Å². The Morgan fingerprint density at radius 1 is 1.37 bits per heavy atom. The summed E-state index contributed by atoms with van der Waals surface area (Å²) in [7, 11) is 0. The van der Waals surface area contributed by atoms with Gasteiger partial charge in [0.15, 0.2) is 6.10 Å². The van der Waals surface area contributed by atoms with E-state index in [1.54, 1.807) is 19.1 Å². The van der Waals surface area contributed by atoms with Crippen LogP contribution in [0.4, 0.5) is 4.39 Å². The first-order valence-corrected chi connectivity index (χ1v) is 6.88. The predicted octanol–water partition coefficient (Wildman–Crippen LogP) is 3.04. The molecule has 1 aliphatic rings. The highest BCUT2D eigenvalue weighted by atomic mass is 19.1. The molecule has 3 nitrogen and oxygen atoms in total. The standard InChI is InChI=1S/C15H20FNO2/c1-11(19-14-9-5-6-12(16)10-14)15(18)17-13-7-3-2-4-8-13/h5-6,9-11,13H,2-4,7-8H2,1H3,(H,17,18). The molecule has 1 aromatic rings. The number of hydrogen-bond donors (Lipinski definition) is 1. The van der Waals surface area contributed by atoms with Crippen molar-refractivity contribution in [3.8, 4) is 5.75 Å². The van der Waals surface area contributed by atoms with E-state index < -0.39 is 6.10 Å². The van der Waals surface area contributed by atoms with E-state index in [1.807, 2.05) is 0 Å². The summed E-state index contributed by atoms with van der Waals surface area (Å²) in [6.45, 7) is 1.68. The van der Waals surface area contributed by atoms with Crippen molar-refractivity contribution in [2.24, 2.45) is 0 Å². The molecule has 0 bridgehead atoms. The molecule has 0 aliphatic heterocycles. The zero-order chi connectivity index (χ0) is 13.7. The quantitative estimate of drug-likeness (QED) is 0.908. The number of hydrogen-bond acceptors (Lipinski definition) is 2. The molecule has 1 aromatic carbocycles. The Morgan fingerprint density at radius 2 is 2.11 bits per heavy atom. The fourth-order valence-corrected chi connectivity index (χ4v) is 2.36. The summed E-state index contributed by atoms with van der Waals surface area (Å²) >= 11 is 0. The van der Waals surface area contributed by atoms with Gasteiger partial charge in [0.2, 0.25) is 0 Å². The van der Waals surface area contributed by atoms with E-state index in [0.717, 1.165) is 12.8 Å². The van der Waals surface area contributed by atoms with E-state index >= 15 is 0 Å². The van der Waals surface area contributed by atoms with E-state index in [2.05, 4.69) is 5.32 Å². The molecule has 1 saturated carbocycles. The molecule has 1 atom stereocenters. The zero-order valence-corrected chi connectivity index (χ0v) is 11.2. The van der Waals surface area contributed by atoms with E-state index in [1.165, 1.54) is 31.4 Å². The lowest BCUT2D eigenvalue weighted by atomic mass is 9.95. The molecule has 0 heterocycles. The first-order valence-electron chi connectivity index (χ1n) is 6.88. The maximum absolute atomic E-state index is 13.0. The van der Waals surface area contributed by atoms with Gasteiger partial charge in [-0.15, -0.1) is 0 Å². The monoisotopic (exact) mass is 265 g/mol. The molecule has 0 saturated heterocycles. The number of benzene rings is 1. The highest BCUT2D eigenvalue weighted by Gasteiger charge is 2.20. The second kappa shape index (κ2) is 6.55. The second-order valence-electron chi connectivity index (χ2n) is 5.06. The lowest BCUT2D eigenvalue weighted by Crippen LogP contribution is -2.43. The molecule has 1 unspecified atom stereocenters. The molecule has 1 aliphatic carbocycles. The van der Waals surface area contributed by atoms with Gasteiger partial charge in [-0.05, 0) is 31.9 Å². The zero-order valence-electron chi connectivity index (χ0n) is 11.2. The average molecular weight is 265 g/mol. The smallest absolute Gasteiger partial charge is 0.260 e. The third kappa shape index (κ3) is 4.23. The van der Waals surface area contributed by atoms with Crippen LogP contribution >= 0.6 is 0 Å².